The van der Waals surface area contributed by atoms with Gasteiger partial charge in [0, 0.05) is 30.3 Å². The Bertz CT molecular complexity index is 532. The summed E-state index contributed by atoms with van der Waals surface area (Å²) in [7, 11) is 0. The van der Waals surface area contributed by atoms with Crippen LogP contribution in [0.3, 0.4) is 0 Å². The highest BCUT2D eigenvalue weighted by molar-refractivity contribution is 5.91. The van der Waals surface area contributed by atoms with E-state index in [-0.39, 0.29) is 11.5 Å². The Balaban J connectivity index is 1.95. The van der Waals surface area contributed by atoms with Crippen LogP contribution in [0.2, 0.25) is 0 Å². The van der Waals surface area contributed by atoms with Gasteiger partial charge in [0.2, 0.25) is 5.91 Å². The van der Waals surface area contributed by atoms with Crippen molar-refractivity contribution in [2.24, 2.45) is 0 Å². The number of nitrogens with one attached hydrogen (secondary N) is 2. The van der Waals surface area contributed by atoms with Crippen molar-refractivity contribution in [2.45, 2.75) is 32.2 Å². The lowest BCUT2D eigenvalue weighted by Gasteiger charge is -2.10. The number of carbonyl (C=O) groups is 1. The van der Waals surface area contributed by atoms with Crippen LogP contribution in [0.25, 0.3) is 0 Å². The van der Waals surface area contributed by atoms with E-state index in [1.807, 2.05) is 6.07 Å². The average molecular weight is 261 g/mol. The number of amides is 1. The van der Waals surface area contributed by atoms with Crippen LogP contribution < -0.4 is 10.6 Å². The van der Waals surface area contributed by atoms with Gasteiger partial charge in [-0.15, -0.1) is 0 Å². The molecule has 1 amide bonds. The second kappa shape index (κ2) is 5.81. The maximum Gasteiger partial charge on any atom is 0.225 e. The summed E-state index contributed by atoms with van der Waals surface area (Å²) in [5, 5.41) is 14.7. The number of halogens is 1. The molecule has 0 aliphatic heterocycles. The molecule has 5 heteroatoms. The van der Waals surface area contributed by atoms with Gasteiger partial charge >= 0.3 is 0 Å². The highest BCUT2D eigenvalue weighted by Gasteiger charge is 2.20. The van der Waals surface area contributed by atoms with Crippen molar-refractivity contribution in [3.05, 3.63) is 29.1 Å². The first-order valence-corrected chi connectivity index (χ1v) is 6.33. The summed E-state index contributed by atoms with van der Waals surface area (Å²) in [6.07, 6.45) is 2.70. The number of hydrogen-bond acceptors (Lipinski definition) is 3. The Morgan fingerprint density at radius 1 is 1.53 bits per heavy atom. The number of hydrogen-bond donors (Lipinski definition) is 2. The first-order chi connectivity index (χ1) is 9.10. The summed E-state index contributed by atoms with van der Waals surface area (Å²) < 4.78 is 13.5. The summed E-state index contributed by atoms with van der Waals surface area (Å²) in [5.41, 5.74) is 0.921. The lowest BCUT2D eigenvalue weighted by molar-refractivity contribution is -0.116. The van der Waals surface area contributed by atoms with Crippen LogP contribution in [0.4, 0.5) is 10.1 Å². The molecule has 1 aliphatic rings. The third-order valence-corrected chi connectivity index (χ3v) is 3.11. The molecule has 1 fully saturated rings. The number of benzene rings is 1. The van der Waals surface area contributed by atoms with E-state index in [1.54, 1.807) is 6.92 Å². The maximum absolute atomic E-state index is 13.5. The Morgan fingerprint density at radius 2 is 2.26 bits per heavy atom. The van der Waals surface area contributed by atoms with E-state index in [4.69, 9.17) is 5.26 Å². The Labute approximate surface area is 111 Å². The van der Waals surface area contributed by atoms with E-state index >= 15 is 0 Å². The first kappa shape index (κ1) is 13.5. The smallest absolute Gasteiger partial charge is 0.225 e. The molecule has 0 atom stereocenters. The molecule has 2 rings (SSSR count). The molecule has 1 aromatic carbocycles. The van der Waals surface area contributed by atoms with Gasteiger partial charge < -0.3 is 10.6 Å². The van der Waals surface area contributed by atoms with Crippen LogP contribution in [0.5, 0.6) is 0 Å². The third kappa shape index (κ3) is 3.76. The molecular formula is C14H16FN3O. The zero-order chi connectivity index (χ0) is 13.8. The molecule has 0 spiro atoms. The normalized spacial score (nSPS) is 13.9. The molecular weight excluding hydrogens is 245 g/mol. The van der Waals surface area contributed by atoms with Gasteiger partial charge in [-0.1, -0.05) is 0 Å². The molecule has 2 N–H and O–H groups in total. The van der Waals surface area contributed by atoms with Gasteiger partial charge in [-0.3, -0.25) is 4.79 Å². The van der Waals surface area contributed by atoms with E-state index in [0.717, 1.165) is 0 Å². The maximum atomic E-state index is 13.5. The van der Waals surface area contributed by atoms with Crippen LogP contribution in [0.15, 0.2) is 12.1 Å². The highest BCUT2D eigenvalue weighted by Crippen LogP contribution is 2.21. The van der Waals surface area contributed by atoms with Crippen molar-refractivity contribution in [1.29, 1.82) is 5.26 Å². The van der Waals surface area contributed by atoms with Gasteiger partial charge in [0.25, 0.3) is 0 Å². The molecule has 19 heavy (non-hydrogen) atoms. The van der Waals surface area contributed by atoms with Gasteiger partial charge in [-0.05, 0) is 31.9 Å². The van der Waals surface area contributed by atoms with Crippen molar-refractivity contribution in [3.8, 4) is 6.07 Å². The molecule has 0 aromatic heterocycles. The van der Waals surface area contributed by atoms with Crippen molar-refractivity contribution in [1.82, 2.24) is 5.32 Å². The van der Waals surface area contributed by atoms with Crippen molar-refractivity contribution in [2.75, 3.05) is 11.9 Å². The van der Waals surface area contributed by atoms with Crippen molar-refractivity contribution in [3.63, 3.8) is 0 Å². The van der Waals surface area contributed by atoms with Gasteiger partial charge in [0.05, 0.1) is 11.6 Å². The Hall–Kier alpha value is -1.93. The van der Waals surface area contributed by atoms with Gasteiger partial charge in [-0.2, -0.15) is 5.26 Å². The number of carbonyl (C=O) groups excluding carboxylic acids is 1. The molecule has 100 valence electrons. The van der Waals surface area contributed by atoms with Crippen LogP contribution in [-0.2, 0) is 4.79 Å². The minimum Gasteiger partial charge on any atom is -0.326 e. The van der Waals surface area contributed by atoms with E-state index in [1.165, 1.54) is 25.0 Å². The SMILES string of the molecule is Cc1c(F)cc(C#N)cc1NC(=O)CCNC1CC1. The number of rotatable bonds is 5. The van der Waals surface area contributed by atoms with E-state index in [2.05, 4.69) is 10.6 Å². The lowest BCUT2D eigenvalue weighted by Crippen LogP contribution is -2.23. The van der Waals surface area contributed by atoms with E-state index in [0.29, 0.717) is 30.3 Å². The molecule has 4 nitrogen and oxygen atoms in total. The zero-order valence-electron chi connectivity index (χ0n) is 10.8. The number of nitriles is 1. The van der Waals surface area contributed by atoms with Crippen LogP contribution in [0.1, 0.15) is 30.4 Å². The molecule has 0 radical (unpaired) electrons. The summed E-state index contributed by atoms with van der Waals surface area (Å²) >= 11 is 0. The summed E-state index contributed by atoms with van der Waals surface area (Å²) in [4.78, 5) is 11.7. The van der Waals surface area contributed by atoms with Gasteiger partial charge in [-0.25, -0.2) is 4.39 Å². The van der Waals surface area contributed by atoms with Crippen LogP contribution in [0, 0.1) is 24.1 Å². The fourth-order valence-corrected chi connectivity index (χ4v) is 1.76. The van der Waals surface area contributed by atoms with Gasteiger partial charge in [0.1, 0.15) is 5.82 Å². The molecule has 0 bridgehead atoms. The fraction of sp³-hybridized carbons (Fsp3) is 0.429. The van der Waals surface area contributed by atoms with Crippen molar-refractivity contribution < 1.29 is 9.18 Å². The van der Waals surface area contributed by atoms with Crippen LogP contribution in [-0.4, -0.2) is 18.5 Å². The number of nitrogens with zero attached hydrogens (tertiary/aromatic N) is 1. The predicted octanol–water partition coefficient (Wildman–Crippen LogP) is 2.09. The second-order valence-corrected chi connectivity index (χ2v) is 4.77. The largest absolute Gasteiger partial charge is 0.326 e. The second-order valence-electron chi connectivity index (χ2n) is 4.77. The van der Waals surface area contributed by atoms with Crippen molar-refractivity contribution >= 4 is 11.6 Å². The minimum atomic E-state index is -0.481. The molecule has 0 heterocycles. The summed E-state index contributed by atoms with van der Waals surface area (Å²) in [6.45, 7) is 2.20. The first-order valence-electron chi connectivity index (χ1n) is 6.33. The zero-order valence-corrected chi connectivity index (χ0v) is 10.8. The molecule has 0 unspecified atom stereocenters. The molecule has 1 saturated carbocycles. The Morgan fingerprint density at radius 3 is 2.89 bits per heavy atom. The average Bonchev–Trinajstić information content (AvgIpc) is 3.18. The lowest BCUT2D eigenvalue weighted by atomic mass is 10.1. The topological polar surface area (TPSA) is 64.9 Å². The molecule has 1 aliphatic carbocycles. The standard InChI is InChI=1S/C14H16FN3O/c1-9-12(15)6-10(8-16)7-13(9)18-14(19)4-5-17-11-2-3-11/h6-7,11,17H,2-5H2,1H3,(H,18,19). The molecule has 0 saturated heterocycles. The van der Waals surface area contributed by atoms with E-state index < -0.39 is 5.82 Å². The quantitative estimate of drug-likeness (QED) is 0.853. The highest BCUT2D eigenvalue weighted by atomic mass is 19.1. The number of anilines is 1. The molecule has 1 aromatic rings. The summed E-state index contributed by atoms with van der Waals surface area (Å²) in [6, 6.07) is 5.09. The Kier molecular flexibility index (Phi) is 4.13. The third-order valence-electron chi connectivity index (χ3n) is 3.11. The van der Waals surface area contributed by atoms with E-state index in [9.17, 15) is 9.18 Å². The summed E-state index contributed by atoms with van der Waals surface area (Å²) in [5.74, 6) is -0.656. The predicted molar refractivity (Wildman–Crippen MR) is 70.1 cm³/mol. The monoisotopic (exact) mass is 261 g/mol. The fourth-order valence-electron chi connectivity index (χ4n) is 1.76. The van der Waals surface area contributed by atoms with Crippen LogP contribution >= 0.6 is 0 Å². The van der Waals surface area contributed by atoms with Gasteiger partial charge in [0.15, 0.2) is 0 Å². The minimum absolute atomic E-state index is 0.175.